The van der Waals surface area contributed by atoms with Crippen molar-refractivity contribution in [1.82, 2.24) is 10.6 Å². The van der Waals surface area contributed by atoms with Crippen LogP contribution in [0.1, 0.15) is 24.8 Å². The lowest BCUT2D eigenvalue weighted by molar-refractivity contribution is 0.523. The van der Waals surface area contributed by atoms with E-state index in [0.29, 0.717) is 0 Å². The van der Waals surface area contributed by atoms with E-state index in [9.17, 15) is 0 Å². The van der Waals surface area contributed by atoms with Gasteiger partial charge in [-0.15, -0.1) is 0 Å². The van der Waals surface area contributed by atoms with E-state index in [2.05, 4.69) is 50.8 Å². The molecule has 0 radical (unpaired) electrons. The molecule has 88 valence electrons. The van der Waals surface area contributed by atoms with Crippen LogP contribution in [0.5, 0.6) is 0 Å². The summed E-state index contributed by atoms with van der Waals surface area (Å²) in [6, 6.07) is 9.13. The summed E-state index contributed by atoms with van der Waals surface area (Å²) in [6.07, 6.45) is 3.93. The van der Waals surface area contributed by atoms with Crippen LogP contribution in [-0.4, -0.2) is 19.1 Å². The second-order valence-corrected chi connectivity index (χ2v) is 5.20. The van der Waals surface area contributed by atoms with E-state index in [-0.39, 0.29) is 0 Å². The van der Waals surface area contributed by atoms with E-state index in [4.69, 9.17) is 0 Å². The summed E-state index contributed by atoms with van der Waals surface area (Å²) in [6.45, 7) is 3.25. The number of halogens is 1. The first-order valence-corrected chi connectivity index (χ1v) is 6.83. The first-order chi connectivity index (χ1) is 7.86. The molecule has 1 fully saturated rings. The molecule has 1 aromatic carbocycles. The molecule has 0 saturated carbocycles. The van der Waals surface area contributed by atoms with Crippen LogP contribution in [0.4, 0.5) is 0 Å². The molecular weight excluding hydrogens is 264 g/mol. The SMILES string of the molecule is Brc1ccccc1CNCCC1CCCN1. The fourth-order valence-corrected chi connectivity index (χ4v) is 2.57. The molecule has 2 nitrogen and oxygen atoms in total. The van der Waals surface area contributed by atoms with Crippen molar-refractivity contribution in [1.29, 1.82) is 0 Å². The molecular formula is C13H19BrN2. The van der Waals surface area contributed by atoms with Crippen LogP contribution in [0.25, 0.3) is 0 Å². The number of hydrogen-bond acceptors (Lipinski definition) is 2. The highest BCUT2D eigenvalue weighted by Crippen LogP contribution is 2.15. The van der Waals surface area contributed by atoms with Gasteiger partial charge < -0.3 is 10.6 Å². The fraction of sp³-hybridized carbons (Fsp3) is 0.538. The van der Waals surface area contributed by atoms with Gasteiger partial charge in [0.1, 0.15) is 0 Å². The lowest BCUT2D eigenvalue weighted by Crippen LogP contribution is -2.26. The maximum absolute atomic E-state index is 3.56. The molecule has 1 aromatic rings. The van der Waals surface area contributed by atoms with Crippen LogP contribution in [0.2, 0.25) is 0 Å². The Kier molecular flexibility index (Phi) is 4.82. The number of hydrogen-bond donors (Lipinski definition) is 2. The average molecular weight is 283 g/mol. The Morgan fingerprint density at radius 3 is 3.00 bits per heavy atom. The zero-order valence-corrected chi connectivity index (χ0v) is 11.1. The first kappa shape index (κ1) is 12.1. The molecule has 3 heteroatoms. The molecule has 0 aliphatic carbocycles. The van der Waals surface area contributed by atoms with E-state index in [0.717, 1.165) is 19.1 Å². The molecule has 1 saturated heterocycles. The Balaban J connectivity index is 1.66. The summed E-state index contributed by atoms with van der Waals surface area (Å²) in [4.78, 5) is 0. The van der Waals surface area contributed by atoms with E-state index in [1.807, 2.05) is 0 Å². The molecule has 1 aliphatic rings. The van der Waals surface area contributed by atoms with E-state index in [1.165, 1.54) is 35.8 Å². The molecule has 0 aromatic heterocycles. The van der Waals surface area contributed by atoms with Gasteiger partial charge in [0.15, 0.2) is 0 Å². The summed E-state index contributed by atoms with van der Waals surface area (Å²) in [5.74, 6) is 0. The lowest BCUT2D eigenvalue weighted by atomic mass is 10.1. The van der Waals surface area contributed by atoms with Crippen molar-refractivity contribution in [2.24, 2.45) is 0 Å². The summed E-state index contributed by atoms with van der Waals surface area (Å²) >= 11 is 3.56. The Morgan fingerprint density at radius 2 is 2.25 bits per heavy atom. The quantitative estimate of drug-likeness (QED) is 0.812. The maximum Gasteiger partial charge on any atom is 0.0220 e. The molecule has 0 amide bonds. The largest absolute Gasteiger partial charge is 0.314 e. The second kappa shape index (κ2) is 6.38. The van der Waals surface area contributed by atoms with E-state index < -0.39 is 0 Å². The van der Waals surface area contributed by atoms with Gasteiger partial charge in [0.2, 0.25) is 0 Å². The number of rotatable bonds is 5. The smallest absolute Gasteiger partial charge is 0.0220 e. The van der Waals surface area contributed by atoms with Crippen molar-refractivity contribution in [3.8, 4) is 0 Å². The third-order valence-corrected chi connectivity index (χ3v) is 3.88. The van der Waals surface area contributed by atoms with Gasteiger partial charge in [0, 0.05) is 17.1 Å². The third kappa shape index (κ3) is 3.58. The van der Waals surface area contributed by atoms with Crippen LogP contribution >= 0.6 is 15.9 Å². The predicted molar refractivity (Wildman–Crippen MR) is 71.5 cm³/mol. The van der Waals surface area contributed by atoms with Crippen molar-refractivity contribution >= 4 is 15.9 Å². The monoisotopic (exact) mass is 282 g/mol. The Labute approximate surface area is 106 Å². The maximum atomic E-state index is 3.56. The highest BCUT2D eigenvalue weighted by atomic mass is 79.9. The van der Waals surface area contributed by atoms with Crippen molar-refractivity contribution in [3.05, 3.63) is 34.3 Å². The minimum absolute atomic E-state index is 0.742. The van der Waals surface area contributed by atoms with Crippen molar-refractivity contribution < 1.29 is 0 Å². The zero-order chi connectivity index (χ0) is 11.2. The molecule has 2 rings (SSSR count). The highest BCUT2D eigenvalue weighted by molar-refractivity contribution is 9.10. The highest BCUT2D eigenvalue weighted by Gasteiger charge is 2.12. The zero-order valence-electron chi connectivity index (χ0n) is 9.51. The van der Waals surface area contributed by atoms with Crippen LogP contribution in [-0.2, 0) is 6.54 Å². The van der Waals surface area contributed by atoms with Gasteiger partial charge in [-0.1, -0.05) is 34.1 Å². The van der Waals surface area contributed by atoms with Crippen LogP contribution in [0.15, 0.2) is 28.7 Å². The van der Waals surface area contributed by atoms with Crippen molar-refractivity contribution in [3.63, 3.8) is 0 Å². The number of benzene rings is 1. The van der Waals surface area contributed by atoms with Crippen molar-refractivity contribution in [2.45, 2.75) is 31.8 Å². The van der Waals surface area contributed by atoms with Gasteiger partial charge in [-0.05, 0) is 44.0 Å². The van der Waals surface area contributed by atoms with Crippen LogP contribution in [0.3, 0.4) is 0 Å². The average Bonchev–Trinajstić information content (AvgIpc) is 2.79. The summed E-state index contributed by atoms with van der Waals surface area (Å²) < 4.78 is 1.20. The molecule has 1 unspecified atom stereocenters. The number of nitrogens with one attached hydrogen (secondary N) is 2. The van der Waals surface area contributed by atoms with Gasteiger partial charge in [0.25, 0.3) is 0 Å². The van der Waals surface area contributed by atoms with Crippen LogP contribution < -0.4 is 10.6 Å². The van der Waals surface area contributed by atoms with Gasteiger partial charge in [-0.25, -0.2) is 0 Å². The molecule has 16 heavy (non-hydrogen) atoms. The molecule has 1 atom stereocenters. The molecule has 0 bridgehead atoms. The topological polar surface area (TPSA) is 24.1 Å². The predicted octanol–water partition coefficient (Wildman–Crippen LogP) is 2.68. The Bertz CT molecular complexity index is 321. The standard InChI is InChI=1S/C13H19BrN2/c14-13-6-2-1-4-11(13)10-15-9-7-12-5-3-8-16-12/h1-2,4,6,12,15-16H,3,5,7-10H2. The summed E-state index contributed by atoms with van der Waals surface area (Å²) in [5.41, 5.74) is 1.34. The van der Waals surface area contributed by atoms with Gasteiger partial charge in [-0.2, -0.15) is 0 Å². The van der Waals surface area contributed by atoms with E-state index in [1.54, 1.807) is 0 Å². The van der Waals surface area contributed by atoms with Gasteiger partial charge in [-0.3, -0.25) is 0 Å². The lowest BCUT2D eigenvalue weighted by Gasteiger charge is -2.11. The molecule has 1 aliphatic heterocycles. The Hall–Kier alpha value is -0.380. The minimum atomic E-state index is 0.742. The molecule has 2 N–H and O–H groups in total. The normalized spacial score (nSPS) is 20.2. The van der Waals surface area contributed by atoms with Gasteiger partial charge in [0.05, 0.1) is 0 Å². The fourth-order valence-electron chi connectivity index (χ4n) is 2.14. The summed E-state index contributed by atoms with van der Waals surface area (Å²) in [7, 11) is 0. The third-order valence-electron chi connectivity index (χ3n) is 3.11. The molecule has 1 heterocycles. The first-order valence-electron chi connectivity index (χ1n) is 6.04. The van der Waals surface area contributed by atoms with Crippen molar-refractivity contribution in [2.75, 3.05) is 13.1 Å². The molecule has 0 spiro atoms. The van der Waals surface area contributed by atoms with E-state index >= 15 is 0 Å². The second-order valence-electron chi connectivity index (χ2n) is 4.35. The van der Waals surface area contributed by atoms with Gasteiger partial charge >= 0.3 is 0 Å². The van der Waals surface area contributed by atoms with Crippen LogP contribution in [0, 0.1) is 0 Å². The Morgan fingerprint density at radius 1 is 1.38 bits per heavy atom. The summed E-state index contributed by atoms with van der Waals surface area (Å²) in [5, 5.41) is 7.02. The minimum Gasteiger partial charge on any atom is -0.314 e.